The highest BCUT2D eigenvalue weighted by atomic mass is 35.5. The smallest absolute Gasteiger partial charge is 0.220 e. The minimum Gasteiger partial charge on any atom is -0.352 e. The van der Waals surface area contributed by atoms with Crippen LogP contribution in [0.3, 0.4) is 0 Å². The summed E-state index contributed by atoms with van der Waals surface area (Å²) in [6.07, 6.45) is 9.11. The molecule has 0 saturated heterocycles. The SMILES string of the molecule is Cl.O=C(CCC1CCC1)NCC1=CCNCC1. The van der Waals surface area contributed by atoms with Gasteiger partial charge in [-0.3, -0.25) is 4.79 Å². The van der Waals surface area contributed by atoms with Crippen LogP contribution >= 0.6 is 12.4 Å². The summed E-state index contributed by atoms with van der Waals surface area (Å²) >= 11 is 0. The largest absolute Gasteiger partial charge is 0.352 e. The molecule has 1 fully saturated rings. The molecule has 0 unspecified atom stereocenters. The number of nitrogens with one attached hydrogen (secondary N) is 2. The highest BCUT2D eigenvalue weighted by molar-refractivity contribution is 5.85. The van der Waals surface area contributed by atoms with Crippen molar-refractivity contribution in [2.75, 3.05) is 19.6 Å². The molecule has 1 saturated carbocycles. The Morgan fingerprint density at radius 2 is 2.29 bits per heavy atom. The van der Waals surface area contributed by atoms with Crippen molar-refractivity contribution in [2.24, 2.45) is 5.92 Å². The van der Waals surface area contributed by atoms with Crippen molar-refractivity contribution in [1.82, 2.24) is 10.6 Å². The number of carbonyl (C=O) groups excluding carboxylic acids is 1. The van der Waals surface area contributed by atoms with Crippen LogP contribution < -0.4 is 10.6 Å². The van der Waals surface area contributed by atoms with Gasteiger partial charge in [0.15, 0.2) is 0 Å². The van der Waals surface area contributed by atoms with Crippen molar-refractivity contribution < 1.29 is 4.79 Å². The summed E-state index contributed by atoms with van der Waals surface area (Å²) in [4.78, 5) is 11.6. The van der Waals surface area contributed by atoms with E-state index in [-0.39, 0.29) is 18.3 Å². The van der Waals surface area contributed by atoms with Crippen LogP contribution in [0.25, 0.3) is 0 Å². The minimum atomic E-state index is 0. The number of rotatable bonds is 5. The Morgan fingerprint density at radius 1 is 1.47 bits per heavy atom. The van der Waals surface area contributed by atoms with Gasteiger partial charge in [0.1, 0.15) is 0 Å². The maximum absolute atomic E-state index is 11.6. The Kier molecular flexibility index (Phi) is 6.60. The lowest BCUT2D eigenvalue weighted by Crippen LogP contribution is -2.30. The number of halogens is 1. The lowest BCUT2D eigenvalue weighted by molar-refractivity contribution is -0.121. The van der Waals surface area contributed by atoms with E-state index in [2.05, 4.69) is 16.7 Å². The van der Waals surface area contributed by atoms with Gasteiger partial charge in [-0.1, -0.05) is 30.9 Å². The third-order valence-corrected chi connectivity index (χ3v) is 3.67. The van der Waals surface area contributed by atoms with E-state index in [0.29, 0.717) is 0 Å². The molecule has 1 aliphatic carbocycles. The van der Waals surface area contributed by atoms with Crippen molar-refractivity contribution in [2.45, 2.75) is 38.5 Å². The van der Waals surface area contributed by atoms with Gasteiger partial charge in [0.25, 0.3) is 0 Å². The number of hydrogen-bond acceptors (Lipinski definition) is 2. The molecule has 3 nitrogen and oxygen atoms in total. The van der Waals surface area contributed by atoms with E-state index in [1.165, 1.54) is 24.8 Å². The summed E-state index contributed by atoms with van der Waals surface area (Å²) in [6, 6.07) is 0. The number of amides is 1. The highest BCUT2D eigenvalue weighted by Gasteiger charge is 2.18. The van der Waals surface area contributed by atoms with Gasteiger partial charge in [-0.25, -0.2) is 0 Å². The highest BCUT2D eigenvalue weighted by Crippen LogP contribution is 2.30. The molecule has 98 valence electrons. The fourth-order valence-electron chi connectivity index (χ4n) is 2.25. The van der Waals surface area contributed by atoms with Gasteiger partial charge < -0.3 is 10.6 Å². The zero-order valence-corrected chi connectivity index (χ0v) is 11.2. The fourth-order valence-corrected chi connectivity index (χ4v) is 2.25. The first kappa shape index (κ1) is 14.5. The van der Waals surface area contributed by atoms with E-state index in [1.54, 1.807) is 0 Å². The average Bonchev–Trinajstić information content (AvgIpc) is 2.26. The Labute approximate surface area is 110 Å². The van der Waals surface area contributed by atoms with Crippen LogP contribution in [-0.2, 0) is 4.79 Å². The quantitative estimate of drug-likeness (QED) is 0.741. The first-order chi connectivity index (χ1) is 7.84. The molecule has 2 aliphatic rings. The molecule has 1 aliphatic heterocycles. The third-order valence-electron chi connectivity index (χ3n) is 3.67. The minimum absolute atomic E-state index is 0. The lowest BCUT2D eigenvalue weighted by Gasteiger charge is -2.24. The van der Waals surface area contributed by atoms with Gasteiger partial charge >= 0.3 is 0 Å². The monoisotopic (exact) mass is 258 g/mol. The molecule has 0 spiro atoms. The normalized spacial score (nSPS) is 19.9. The van der Waals surface area contributed by atoms with E-state index in [4.69, 9.17) is 0 Å². The van der Waals surface area contributed by atoms with E-state index in [9.17, 15) is 4.79 Å². The summed E-state index contributed by atoms with van der Waals surface area (Å²) in [7, 11) is 0. The van der Waals surface area contributed by atoms with E-state index >= 15 is 0 Å². The molecule has 0 radical (unpaired) electrons. The van der Waals surface area contributed by atoms with Crippen LogP contribution in [0.5, 0.6) is 0 Å². The molecule has 17 heavy (non-hydrogen) atoms. The summed E-state index contributed by atoms with van der Waals surface area (Å²) in [5, 5.41) is 6.29. The van der Waals surface area contributed by atoms with E-state index in [1.807, 2.05) is 0 Å². The van der Waals surface area contributed by atoms with Gasteiger partial charge in [0.2, 0.25) is 5.91 Å². The van der Waals surface area contributed by atoms with Crippen molar-refractivity contribution in [3.63, 3.8) is 0 Å². The summed E-state index contributed by atoms with van der Waals surface area (Å²) in [5.41, 5.74) is 1.37. The van der Waals surface area contributed by atoms with Gasteiger partial charge in [-0.15, -0.1) is 12.4 Å². The van der Waals surface area contributed by atoms with Crippen molar-refractivity contribution in [3.05, 3.63) is 11.6 Å². The Balaban J connectivity index is 0.00000144. The van der Waals surface area contributed by atoms with Crippen LogP contribution in [0.1, 0.15) is 38.5 Å². The molecule has 2 rings (SSSR count). The second-order valence-corrected chi connectivity index (χ2v) is 4.93. The number of carbonyl (C=O) groups is 1. The summed E-state index contributed by atoms with van der Waals surface area (Å²) in [5.74, 6) is 1.06. The maximum Gasteiger partial charge on any atom is 0.220 e. The van der Waals surface area contributed by atoms with Crippen molar-refractivity contribution in [1.29, 1.82) is 0 Å². The van der Waals surface area contributed by atoms with Crippen LogP contribution in [0.15, 0.2) is 11.6 Å². The summed E-state index contributed by atoms with van der Waals surface area (Å²) < 4.78 is 0. The second-order valence-electron chi connectivity index (χ2n) is 4.93. The fraction of sp³-hybridized carbons (Fsp3) is 0.769. The zero-order valence-electron chi connectivity index (χ0n) is 10.3. The Morgan fingerprint density at radius 3 is 2.88 bits per heavy atom. The third kappa shape index (κ3) is 5.09. The molecular weight excluding hydrogens is 236 g/mol. The molecule has 4 heteroatoms. The average molecular weight is 259 g/mol. The van der Waals surface area contributed by atoms with Gasteiger partial charge in [0.05, 0.1) is 0 Å². The maximum atomic E-state index is 11.6. The van der Waals surface area contributed by atoms with Crippen molar-refractivity contribution in [3.8, 4) is 0 Å². The Bertz CT molecular complexity index is 275. The molecular formula is C13H23ClN2O. The first-order valence-corrected chi connectivity index (χ1v) is 6.50. The molecule has 0 bridgehead atoms. The Hall–Kier alpha value is -0.540. The molecule has 0 aromatic heterocycles. The van der Waals surface area contributed by atoms with Crippen molar-refractivity contribution >= 4 is 18.3 Å². The zero-order chi connectivity index (χ0) is 11.2. The molecule has 0 atom stereocenters. The topological polar surface area (TPSA) is 41.1 Å². The standard InChI is InChI=1S/C13H22N2O.ClH/c16-13(5-4-11-2-1-3-11)15-10-12-6-8-14-9-7-12;/h6,11,14H,1-5,7-10H2,(H,15,16);1H. The van der Waals surface area contributed by atoms with Gasteiger partial charge in [-0.05, 0) is 25.3 Å². The lowest BCUT2D eigenvalue weighted by atomic mass is 9.82. The van der Waals surface area contributed by atoms with Crippen LogP contribution in [0.2, 0.25) is 0 Å². The second kappa shape index (κ2) is 7.72. The molecule has 2 N–H and O–H groups in total. The van der Waals surface area contributed by atoms with Crippen LogP contribution in [0.4, 0.5) is 0 Å². The van der Waals surface area contributed by atoms with Crippen LogP contribution in [0, 0.1) is 5.92 Å². The van der Waals surface area contributed by atoms with Crippen LogP contribution in [-0.4, -0.2) is 25.5 Å². The van der Waals surface area contributed by atoms with E-state index in [0.717, 1.165) is 44.8 Å². The summed E-state index contributed by atoms with van der Waals surface area (Å²) in [6.45, 7) is 2.75. The molecule has 1 amide bonds. The predicted molar refractivity (Wildman–Crippen MR) is 72.4 cm³/mol. The predicted octanol–water partition coefficient (Wildman–Crippen LogP) is 2.02. The molecule has 1 heterocycles. The molecule has 0 aromatic rings. The van der Waals surface area contributed by atoms with E-state index < -0.39 is 0 Å². The molecule has 0 aromatic carbocycles. The van der Waals surface area contributed by atoms with Gasteiger partial charge in [-0.2, -0.15) is 0 Å². The van der Waals surface area contributed by atoms with Gasteiger partial charge in [0, 0.05) is 19.5 Å². The first-order valence-electron chi connectivity index (χ1n) is 6.50. The number of hydrogen-bond donors (Lipinski definition) is 2.